The summed E-state index contributed by atoms with van der Waals surface area (Å²) < 4.78 is 1.87. The zero-order valence-electron chi connectivity index (χ0n) is 12.5. The van der Waals surface area contributed by atoms with Crippen molar-refractivity contribution in [2.45, 2.75) is 20.0 Å². The zero-order valence-corrected chi connectivity index (χ0v) is 14.1. The highest BCUT2D eigenvalue weighted by Crippen LogP contribution is 2.29. The quantitative estimate of drug-likeness (QED) is 0.892. The number of aromatic nitrogens is 2. The third-order valence-corrected chi connectivity index (χ3v) is 3.86. The lowest BCUT2D eigenvalue weighted by Gasteiger charge is -2.11. The van der Waals surface area contributed by atoms with E-state index in [-0.39, 0.29) is 27.8 Å². The van der Waals surface area contributed by atoms with Crippen molar-refractivity contribution in [1.29, 1.82) is 5.26 Å². The number of carbonyl (C=O) groups is 1. The third-order valence-electron chi connectivity index (χ3n) is 3.23. The van der Waals surface area contributed by atoms with E-state index in [1.165, 1.54) is 22.9 Å². The van der Waals surface area contributed by atoms with Crippen molar-refractivity contribution < 1.29 is 4.79 Å². The molecule has 0 spiro atoms. The number of para-hydroxylation sites is 1. The summed E-state index contributed by atoms with van der Waals surface area (Å²) in [6.45, 7) is 1.38. The normalized spacial score (nSPS) is 10.2. The number of nitrogens with one attached hydrogen (secondary N) is 1. The van der Waals surface area contributed by atoms with Crippen LogP contribution in [0.5, 0.6) is 0 Å². The number of anilines is 1. The van der Waals surface area contributed by atoms with Crippen molar-refractivity contribution in [3.05, 3.63) is 60.8 Å². The van der Waals surface area contributed by atoms with E-state index < -0.39 is 23.7 Å². The molecular weight excluding hydrogens is 355 g/mol. The van der Waals surface area contributed by atoms with Gasteiger partial charge in [0.1, 0.15) is 18.2 Å². The highest BCUT2D eigenvalue weighted by Gasteiger charge is 2.15. The highest BCUT2D eigenvalue weighted by atomic mass is 35.5. The molecule has 124 valence electrons. The van der Waals surface area contributed by atoms with Gasteiger partial charge >= 0.3 is 5.69 Å². The molecule has 1 heterocycles. The minimum Gasteiger partial charge on any atom is -0.322 e. The van der Waals surface area contributed by atoms with Crippen molar-refractivity contribution >= 4 is 34.8 Å². The Bertz CT molecular complexity index is 936. The number of aryl methyl sites for hydroxylation is 1. The van der Waals surface area contributed by atoms with Crippen LogP contribution >= 0.6 is 23.2 Å². The lowest BCUT2D eigenvalue weighted by molar-refractivity contribution is -0.116. The summed E-state index contributed by atoms with van der Waals surface area (Å²) in [6.07, 6.45) is 1.17. The molecule has 2 rings (SSSR count). The van der Waals surface area contributed by atoms with Crippen LogP contribution in [0.2, 0.25) is 10.0 Å². The molecule has 0 unspecified atom stereocenters. The summed E-state index contributed by atoms with van der Waals surface area (Å²) in [4.78, 5) is 36.5. The first kappa shape index (κ1) is 17.8. The minimum absolute atomic E-state index is 0.186. The number of hydrogen-bond acceptors (Lipinski definition) is 4. The molecule has 0 atom stereocenters. The van der Waals surface area contributed by atoms with Crippen molar-refractivity contribution in [2.24, 2.45) is 0 Å². The zero-order chi connectivity index (χ0) is 17.9. The van der Waals surface area contributed by atoms with E-state index in [9.17, 15) is 14.4 Å². The first-order valence-corrected chi connectivity index (χ1v) is 7.62. The molecule has 0 aliphatic heterocycles. The molecular formula is C15H12Cl2N4O3. The highest BCUT2D eigenvalue weighted by molar-refractivity contribution is 6.39. The Kier molecular flexibility index (Phi) is 5.44. The van der Waals surface area contributed by atoms with Crippen LogP contribution in [0, 0.1) is 11.3 Å². The molecule has 1 aromatic carbocycles. The molecule has 0 aliphatic carbocycles. The smallest absolute Gasteiger partial charge is 0.322 e. The predicted molar refractivity (Wildman–Crippen MR) is 90.4 cm³/mol. The number of halogens is 2. The lowest BCUT2D eigenvalue weighted by atomic mass is 10.3. The maximum Gasteiger partial charge on any atom is 0.331 e. The van der Waals surface area contributed by atoms with Crippen molar-refractivity contribution in [2.75, 3.05) is 5.32 Å². The Morgan fingerprint density at radius 2 is 1.92 bits per heavy atom. The molecule has 2 aromatic rings. The van der Waals surface area contributed by atoms with Gasteiger partial charge < -0.3 is 5.32 Å². The van der Waals surface area contributed by atoms with Gasteiger partial charge in [-0.3, -0.25) is 14.2 Å². The Balaban J connectivity index is 2.38. The monoisotopic (exact) mass is 366 g/mol. The summed E-state index contributed by atoms with van der Waals surface area (Å²) in [6, 6.07) is 6.40. The van der Waals surface area contributed by atoms with Gasteiger partial charge in [0.25, 0.3) is 5.56 Å². The number of rotatable bonds is 4. The first-order valence-electron chi connectivity index (χ1n) is 6.87. The number of benzene rings is 1. The average molecular weight is 367 g/mol. The minimum atomic E-state index is -0.826. The van der Waals surface area contributed by atoms with Gasteiger partial charge in [0, 0.05) is 12.7 Å². The largest absolute Gasteiger partial charge is 0.331 e. The van der Waals surface area contributed by atoms with Gasteiger partial charge in [-0.25, -0.2) is 9.36 Å². The molecule has 0 aliphatic rings. The summed E-state index contributed by atoms with van der Waals surface area (Å²) >= 11 is 11.9. The fraction of sp³-hybridized carbons (Fsp3) is 0.200. The molecule has 0 radical (unpaired) electrons. The standard InChI is InChI=1S/C15H12Cl2N4O3/c1-2-20-7-9(6-18)14(23)21(15(20)24)8-12(22)19-13-10(16)4-3-5-11(13)17/h3-5,7H,2,8H2,1H3,(H,19,22). The van der Waals surface area contributed by atoms with Crippen LogP contribution in [0.4, 0.5) is 5.69 Å². The molecule has 0 fully saturated rings. The molecule has 7 nitrogen and oxygen atoms in total. The Labute approximate surface area is 146 Å². The Morgan fingerprint density at radius 3 is 2.46 bits per heavy atom. The summed E-state index contributed by atoms with van der Waals surface area (Å²) in [7, 11) is 0. The van der Waals surface area contributed by atoms with E-state index in [0.717, 1.165) is 0 Å². The summed E-state index contributed by atoms with van der Waals surface area (Å²) in [5.74, 6) is -0.665. The molecule has 1 aromatic heterocycles. The van der Waals surface area contributed by atoms with Gasteiger partial charge in [0.2, 0.25) is 5.91 Å². The van der Waals surface area contributed by atoms with Crippen LogP contribution in [-0.4, -0.2) is 15.0 Å². The molecule has 1 amide bonds. The van der Waals surface area contributed by atoms with Gasteiger partial charge in [-0.05, 0) is 19.1 Å². The Morgan fingerprint density at radius 1 is 1.29 bits per heavy atom. The van der Waals surface area contributed by atoms with Crippen LogP contribution in [0.1, 0.15) is 12.5 Å². The second-order valence-corrected chi connectivity index (χ2v) is 5.57. The lowest BCUT2D eigenvalue weighted by Crippen LogP contribution is -2.43. The first-order chi connectivity index (χ1) is 11.4. The van der Waals surface area contributed by atoms with E-state index in [4.69, 9.17) is 28.5 Å². The molecule has 9 heteroatoms. The topological polar surface area (TPSA) is 96.9 Å². The maximum absolute atomic E-state index is 12.2. The molecule has 24 heavy (non-hydrogen) atoms. The fourth-order valence-electron chi connectivity index (χ4n) is 2.04. The van der Waals surface area contributed by atoms with Crippen molar-refractivity contribution in [3.8, 4) is 6.07 Å². The number of carbonyl (C=O) groups excluding carboxylic acids is 1. The molecule has 1 N–H and O–H groups in total. The van der Waals surface area contributed by atoms with Crippen LogP contribution < -0.4 is 16.6 Å². The van der Waals surface area contributed by atoms with Crippen molar-refractivity contribution in [1.82, 2.24) is 9.13 Å². The van der Waals surface area contributed by atoms with E-state index in [0.29, 0.717) is 4.57 Å². The molecule has 0 saturated heterocycles. The van der Waals surface area contributed by atoms with E-state index in [2.05, 4.69) is 5.32 Å². The Hall–Kier alpha value is -2.56. The molecule has 0 bridgehead atoms. The van der Waals surface area contributed by atoms with Crippen LogP contribution in [0.15, 0.2) is 34.0 Å². The fourth-order valence-corrected chi connectivity index (χ4v) is 2.53. The van der Waals surface area contributed by atoms with Crippen molar-refractivity contribution in [3.63, 3.8) is 0 Å². The molecule has 0 saturated carbocycles. The van der Waals surface area contributed by atoms with Gasteiger partial charge in [-0.2, -0.15) is 5.26 Å². The number of nitriles is 1. The number of nitrogens with zero attached hydrogens (tertiary/aromatic N) is 3. The van der Waals surface area contributed by atoms with Gasteiger partial charge in [0.05, 0.1) is 15.7 Å². The number of hydrogen-bond donors (Lipinski definition) is 1. The second kappa shape index (κ2) is 7.34. The van der Waals surface area contributed by atoms with Gasteiger partial charge in [-0.1, -0.05) is 29.3 Å². The third kappa shape index (κ3) is 3.50. The van der Waals surface area contributed by atoms with Gasteiger partial charge in [-0.15, -0.1) is 0 Å². The number of amides is 1. The maximum atomic E-state index is 12.2. The predicted octanol–water partition coefficient (Wildman–Crippen LogP) is 1.85. The average Bonchev–Trinajstić information content (AvgIpc) is 2.55. The summed E-state index contributed by atoms with van der Waals surface area (Å²) in [5, 5.41) is 11.9. The SMILES string of the molecule is CCn1cc(C#N)c(=O)n(CC(=O)Nc2c(Cl)cccc2Cl)c1=O. The van der Waals surface area contributed by atoms with E-state index >= 15 is 0 Å². The van der Waals surface area contributed by atoms with Crippen LogP contribution in [0.3, 0.4) is 0 Å². The van der Waals surface area contributed by atoms with E-state index in [1.54, 1.807) is 19.1 Å². The van der Waals surface area contributed by atoms with Gasteiger partial charge in [0.15, 0.2) is 0 Å². The van der Waals surface area contributed by atoms with Crippen LogP contribution in [0.25, 0.3) is 0 Å². The second-order valence-electron chi connectivity index (χ2n) is 4.76. The van der Waals surface area contributed by atoms with Crippen LogP contribution in [-0.2, 0) is 17.9 Å². The summed E-state index contributed by atoms with van der Waals surface area (Å²) in [5.41, 5.74) is -1.54. The van der Waals surface area contributed by atoms with E-state index in [1.807, 2.05) is 0 Å².